The zero-order valence-electron chi connectivity index (χ0n) is 6.35. The maximum Gasteiger partial charge on any atom is 1.00 e. The van der Waals surface area contributed by atoms with Gasteiger partial charge in [0.1, 0.15) is 0 Å². The molecule has 0 radical (unpaired) electrons. The van der Waals surface area contributed by atoms with Gasteiger partial charge in [-0.05, 0) is 5.02 Å². The molecule has 1 nitrogen and oxygen atoms in total. The Bertz CT molecular complexity index is 245. The first-order valence-corrected chi connectivity index (χ1v) is 3.18. The summed E-state index contributed by atoms with van der Waals surface area (Å²) < 4.78 is 27.3. The third-order valence-corrected chi connectivity index (χ3v) is 1.30. The van der Waals surface area contributed by atoms with Gasteiger partial charge in [-0.2, -0.15) is 20.9 Å². The fourth-order valence-corrected chi connectivity index (χ4v) is 0.745. The smallest absolute Gasteiger partial charge is 0.497 e. The summed E-state index contributed by atoms with van der Waals surface area (Å²) in [6, 6.07) is 6.77. The predicted molar refractivity (Wildman–Crippen MR) is 36.9 cm³/mol. The van der Waals surface area contributed by atoms with E-state index in [4.69, 9.17) is 11.6 Å². The summed E-state index contributed by atoms with van der Waals surface area (Å²) in [4.78, 5) is 0. The van der Waals surface area contributed by atoms with Crippen molar-refractivity contribution in [2.45, 2.75) is 6.61 Å². The van der Waals surface area contributed by atoms with Gasteiger partial charge < -0.3 is 4.74 Å². The minimum Gasteiger partial charge on any atom is -0.497 e. The van der Waals surface area contributed by atoms with Crippen molar-refractivity contribution in [2.24, 2.45) is 0 Å². The van der Waals surface area contributed by atoms with Crippen LogP contribution in [0.3, 0.4) is 0 Å². The van der Waals surface area contributed by atoms with Crippen molar-refractivity contribution < 1.29 is 64.9 Å². The van der Waals surface area contributed by atoms with Gasteiger partial charge in [0.05, 0.1) is 0 Å². The predicted octanol–water partition coefficient (Wildman–Crippen LogP) is -0.254. The molecule has 0 heterocycles. The molecule has 1 aromatic carbocycles. The monoisotopic (exact) mass is 216 g/mol. The molecule has 1 aromatic rings. The zero-order chi connectivity index (χ0) is 8.27. The molecule has 0 bridgehead atoms. The van der Waals surface area contributed by atoms with E-state index >= 15 is 0 Å². The molecule has 0 saturated carbocycles. The van der Waals surface area contributed by atoms with E-state index in [2.05, 4.69) is 10.8 Å². The van der Waals surface area contributed by atoms with Crippen LogP contribution in [0.1, 0.15) is 0 Å². The van der Waals surface area contributed by atoms with Gasteiger partial charge in [0.2, 0.25) is 0 Å². The number of benzene rings is 1. The van der Waals surface area contributed by atoms with Crippen molar-refractivity contribution in [1.82, 2.24) is 0 Å². The van der Waals surface area contributed by atoms with Crippen molar-refractivity contribution in [3.8, 4) is 5.75 Å². The largest absolute Gasteiger partial charge is 1.00 e. The fraction of sp³-hybridized carbons (Fsp3) is 0.143. The molecular formula is C7H4ClF2KO. The van der Waals surface area contributed by atoms with Crippen LogP contribution < -0.4 is 56.1 Å². The summed E-state index contributed by atoms with van der Waals surface area (Å²) in [6.07, 6.45) is 0. The molecule has 0 aliphatic rings. The SMILES string of the molecule is FC(F)Oc1c[c-]ccc1Cl.[K+]. The quantitative estimate of drug-likeness (QED) is 0.489. The molecule has 0 N–H and O–H groups in total. The normalized spacial score (nSPS) is 9.33. The topological polar surface area (TPSA) is 9.23 Å². The number of halogens is 3. The first-order chi connectivity index (χ1) is 5.20. The molecule has 0 atom stereocenters. The van der Waals surface area contributed by atoms with Gasteiger partial charge in [0.25, 0.3) is 0 Å². The van der Waals surface area contributed by atoms with E-state index in [1.807, 2.05) is 0 Å². The molecular weight excluding hydrogens is 213 g/mol. The minimum absolute atomic E-state index is 0. The van der Waals surface area contributed by atoms with E-state index in [9.17, 15) is 8.78 Å². The molecule has 0 aliphatic heterocycles. The Labute approximate surface area is 116 Å². The number of hydrogen-bond donors (Lipinski definition) is 0. The van der Waals surface area contributed by atoms with Crippen molar-refractivity contribution in [2.75, 3.05) is 0 Å². The summed E-state index contributed by atoms with van der Waals surface area (Å²) in [5.74, 6) is -0.0517. The van der Waals surface area contributed by atoms with Crippen molar-refractivity contribution in [3.05, 3.63) is 29.3 Å². The Balaban J connectivity index is 0.00000121. The Morgan fingerprint density at radius 1 is 1.50 bits per heavy atom. The molecule has 12 heavy (non-hydrogen) atoms. The van der Waals surface area contributed by atoms with Crippen LogP contribution in [0.25, 0.3) is 0 Å². The van der Waals surface area contributed by atoms with Gasteiger partial charge in [-0.1, -0.05) is 0 Å². The second kappa shape index (κ2) is 6.29. The summed E-state index contributed by atoms with van der Waals surface area (Å²) in [7, 11) is 0. The van der Waals surface area contributed by atoms with Crippen molar-refractivity contribution in [3.63, 3.8) is 0 Å². The van der Waals surface area contributed by atoms with Gasteiger partial charge >= 0.3 is 58.0 Å². The van der Waals surface area contributed by atoms with E-state index in [0.717, 1.165) is 0 Å². The molecule has 0 spiro atoms. The number of ether oxygens (including phenoxy) is 1. The van der Waals surface area contributed by atoms with E-state index in [-0.39, 0.29) is 62.2 Å². The molecule has 60 valence electrons. The Morgan fingerprint density at radius 2 is 2.17 bits per heavy atom. The Morgan fingerprint density at radius 3 is 2.67 bits per heavy atom. The molecule has 1 rings (SSSR count). The van der Waals surface area contributed by atoms with Gasteiger partial charge in [0, 0.05) is 5.75 Å². The van der Waals surface area contributed by atoms with E-state index in [0.29, 0.717) is 0 Å². The second-order valence-corrected chi connectivity index (χ2v) is 2.14. The average Bonchev–Trinajstić information content (AvgIpc) is 1.93. The number of rotatable bonds is 2. The van der Waals surface area contributed by atoms with E-state index in [1.54, 1.807) is 0 Å². The summed E-state index contributed by atoms with van der Waals surface area (Å²) in [5, 5.41) is 0.157. The molecule has 0 amide bonds. The molecule has 0 fully saturated rings. The van der Waals surface area contributed by atoms with Crippen LogP contribution in [0.4, 0.5) is 8.78 Å². The van der Waals surface area contributed by atoms with Crippen LogP contribution >= 0.6 is 11.6 Å². The van der Waals surface area contributed by atoms with Crippen molar-refractivity contribution in [1.29, 1.82) is 0 Å². The second-order valence-electron chi connectivity index (χ2n) is 1.74. The summed E-state index contributed by atoms with van der Waals surface area (Å²) in [6.45, 7) is -2.84. The van der Waals surface area contributed by atoms with Gasteiger partial charge in [-0.15, -0.1) is 23.7 Å². The van der Waals surface area contributed by atoms with Crippen LogP contribution in [0, 0.1) is 6.07 Å². The number of alkyl halides is 2. The first-order valence-electron chi connectivity index (χ1n) is 2.80. The maximum atomic E-state index is 11.6. The van der Waals surface area contributed by atoms with Crippen LogP contribution in [-0.2, 0) is 0 Å². The van der Waals surface area contributed by atoms with Gasteiger partial charge in [-0.25, -0.2) is 0 Å². The van der Waals surface area contributed by atoms with Crippen molar-refractivity contribution >= 4 is 11.6 Å². The molecule has 0 unspecified atom stereocenters. The first kappa shape index (κ1) is 12.8. The Kier molecular flexibility index (Phi) is 6.71. The molecule has 5 heteroatoms. The standard InChI is InChI=1S/C7H4ClF2O.K/c8-5-3-1-2-4-6(5)11-7(9)10;/h1,3-4,7H;/q-1;+1. The summed E-state index contributed by atoms with van der Waals surface area (Å²) >= 11 is 5.49. The third-order valence-electron chi connectivity index (χ3n) is 0.992. The van der Waals surface area contributed by atoms with Crippen LogP contribution in [0.15, 0.2) is 18.2 Å². The minimum atomic E-state index is -2.84. The van der Waals surface area contributed by atoms with Gasteiger partial charge in [-0.3, -0.25) is 0 Å². The number of hydrogen-bond acceptors (Lipinski definition) is 1. The van der Waals surface area contributed by atoms with Crippen LogP contribution in [0.2, 0.25) is 5.02 Å². The van der Waals surface area contributed by atoms with Gasteiger partial charge in [0.15, 0.2) is 0 Å². The molecule has 0 aliphatic carbocycles. The third kappa shape index (κ3) is 4.16. The average molecular weight is 217 g/mol. The van der Waals surface area contributed by atoms with Crippen LogP contribution in [-0.4, -0.2) is 6.61 Å². The van der Waals surface area contributed by atoms with E-state index < -0.39 is 6.61 Å². The van der Waals surface area contributed by atoms with E-state index in [1.165, 1.54) is 18.2 Å². The van der Waals surface area contributed by atoms with Crippen LogP contribution in [0.5, 0.6) is 5.75 Å². The maximum absolute atomic E-state index is 11.6. The molecule has 0 aromatic heterocycles. The zero-order valence-corrected chi connectivity index (χ0v) is 10.2. The fourth-order valence-electron chi connectivity index (χ4n) is 0.582. The summed E-state index contributed by atoms with van der Waals surface area (Å²) in [5.41, 5.74) is 0. The Hall–Kier alpha value is 0.806. The molecule has 0 saturated heterocycles.